The van der Waals surface area contributed by atoms with E-state index >= 15 is 0 Å². The van der Waals surface area contributed by atoms with E-state index in [4.69, 9.17) is 5.73 Å². The van der Waals surface area contributed by atoms with Gasteiger partial charge in [-0.2, -0.15) is 0 Å². The number of aliphatic imine (C=N–C) groups is 1. The zero-order valence-corrected chi connectivity index (χ0v) is 6.57. The van der Waals surface area contributed by atoms with E-state index in [1.807, 2.05) is 6.92 Å². The Bertz CT molecular complexity index is 110. The molecule has 0 aliphatic carbocycles. The van der Waals surface area contributed by atoms with Crippen molar-refractivity contribution in [2.75, 3.05) is 7.05 Å². The number of halogens is 1. The fraction of sp³-hybridized carbons (Fsp3) is 0.400. The largest absolute Gasteiger partial charge is 0.404 e. The molecule has 46 valence electrons. The van der Waals surface area contributed by atoms with Gasteiger partial charge in [0.15, 0.2) is 0 Å². The quantitative estimate of drug-likeness (QED) is 0.601. The van der Waals surface area contributed by atoms with E-state index < -0.39 is 0 Å². The maximum absolute atomic E-state index is 5.18. The van der Waals surface area contributed by atoms with Crippen molar-refractivity contribution in [3.63, 3.8) is 0 Å². The molecule has 0 aliphatic heterocycles. The van der Waals surface area contributed by atoms with Crippen LogP contribution in [-0.4, -0.2) is 11.7 Å². The molecule has 2 nitrogen and oxygen atoms in total. The minimum absolute atomic E-state index is 0.806. The molecular weight excluding hydrogens is 168 g/mol. The molecule has 8 heavy (non-hydrogen) atoms. The van der Waals surface area contributed by atoms with Gasteiger partial charge >= 0.3 is 0 Å². The zero-order valence-electron chi connectivity index (χ0n) is 4.98. The van der Waals surface area contributed by atoms with Crippen molar-refractivity contribution in [2.24, 2.45) is 10.7 Å². The fourth-order valence-corrected chi connectivity index (χ4v) is 0.377. The second-order valence-electron chi connectivity index (χ2n) is 1.36. The summed E-state index contributed by atoms with van der Waals surface area (Å²) in [5.74, 6) is 0. The molecule has 0 saturated carbocycles. The summed E-state index contributed by atoms with van der Waals surface area (Å²) in [7, 11) is 1.71. The number of allylic oxidation sites excluding steroid dienone is 1. The van der Waals surface area contributed by atoms with Crippen LogP contribution in [0, 0.1) is 0 Å². The highest BCUT2D eigenvalue weighted by atomic mass is 79.9. The molecule has 0 radical (unpaired) electrons. The highest BCUT2D eigenvalue weighted by Crippen LogP contribution is 2.00. The molecule has 2 N–H and O–H groups in total. The van der Waals surface area contributed by atoms with Gasteiger partial charge in [0.05, 0.1) is 0 Å². The van der Waals surface area contributed by atoms with Crippen molar-refractivity contribution < 1.29 is 0 Å². The van der Waals surface area contributed by atoms with Gasteiger partial charge in [0.25, 0.3) is 0 Å². The Balaban J connectivity index is 4.04. The SMILES string of the molecule is CN=C(Br)C(C)=CN. The molecule has 0 spiro atoms. The number of nitrogens with two attached hydrogens (primary N) is 1. The summed E-state index contributed by atoms with van der Waals surface area (Å²) in [6.45, 7) is 1.89. The average Bonchev–Trinajstić information content (AvgIpc) is 1.84. The van der Waals surface area contributed by atoms with E-state index in [0.717, 1.165) is 10.2 Å². The second kappa shape index (κ2) is 3.66. The molecule has 0 fully saturated rings. The van der Waals surface area contributed by atoms with Gasteiger partial charge in [-0.05, 0) is 34.6 Å². The first-order valence-corrected chi connectivity index (χ1v) is 3.02. The third-order valence-electron chi connectivity index (χ3n) is 0.772. The summed E-state index contributed by atoms with van der Waals surface area (Å²) in [4.78, 5) is 3.84. The van der Waals surface area contributed by atoms with E-state index in [0.29, 0.717) is 0 Å². The monoisotopic (exact) mass is 176 g/mol. The molecule has 0 aromatic heterocycles. The summed E-state index contributed by atoms with van der Waals surface area (Å²) in [6.07, 6.45) is 1.51. The first kappa shape index (κ1) is 7.69. The normalized spacial score (nSPS) is 14.4. The Morgan fingerprint density at radius 3 is 2.38 bits per heavy atom. The summed E-state index contributed by atoms with van der Waals surface area (Å²) in [5.41, 5.74) is 6.13. The third kappa shape index (κ3) is 2.12. The Hall–Kier alpha value is -0.310. The number of rotatable bonds is 1. The molecule has 0 aromatic carbocycles. The van der Waals surface area contributed by atoms with Gasteiger partial charge in [-0.25, -0.2) is 0 Å². The van der Waals surface area contributed by atoms with Crippen LogP contribution in [-0.2, 0) is 0 Å². The Morgan fingerprint density at radius 2 is 2.25 bits per heavy atom. The van der Waals surface area contributed by atoms with E-state index in [2.05, 4.69) is 20.9 Å². The van der Waals surface area contributed by atoms with Crippen molar-refractivity contribution in [1.29, 1.82) is 0 Å². The number of nitrogens with zero attached hydrogens (tertiary/aromatic N) is 1. The number of hydrogen-bond acceptors (Lipinski definition) is 2. The lowest BCUT2D eigenvalue weighted by Gasteiger charge is -1.91. The summed E-state index contributed by atoms with van der Waals surface area (Å²) in [6, 6.07) is 0. The lowest BCUT2D eigenvalue weighted by atomic mass is 10.4. The van der Waals surface area contributed by atoms with Gasteiger partial charge in [-0.1, -0.05) is 0 Å². The van der Waals surface area contributed by atoms with Crippen molar-refractivity contribution in [3.8, 4) is 0 Å². The van der Waals surface area contributed by atoms with Gasteiger partial charge in [-0.15, -0.1) is 0 Å². The average molecular weight is 177 g/mol. The Morgan fingerprint density at radius 1 is 1.75 bits per heavy atom. The molecule has 0 rings (SSSR count). The van der Waals surface area contributed by atoms with Crippen LogP contribution in [0.5, 0.6) is 0 Å². The topological polar surface area (TPSA) is 38.4 Å². The van der Waals surface area contributed by atoms with Crippen LogP contribution in [0.3, 0.4) is 0 Å². The molecule has 0 heterocycles. The fourth-order valence-electron chi connectivity index (χ4n) is 0.245. The van der Waals surface area contributed by atoms with Crippen LogP contribution in [0.1, 0.15) is 6.92 Å². The molecule has 0 atom stereocenters. The molecule has 0 aliphatic rings. The Kier molecular flexibility index (Phi) is 3.52. The summed E-state index contributed by atoms with van der Waals surface area (Å²) >= 11 is 3.20. The highest BCUT2D eigenvalue weighted by Gasteiger charge is 1.90. The van der Waals surface area contributed by atoms with Gasteiger partial charge < -0.3 is 5.73 Å². The summed E-state index contributed by atoms with van der Waals surface area (Å²) < 4.78 is 0.806. The lowest BCUT2D eigenvalue weighted by Crippen LogP contribution is -1.91. The van der Waals surface area contributed by atoms with Crippen molar-refractivity contribution in [2.45, 2.75) is 6.92 Å². The molecule has 0 unspecified atom stereocenters. The van der Waals surface area contributed by atoms with Crippen molar-refractivity contribution in [1.82, 2.24) is 0 Å². The molecule has 0 bridgehead atoms. The van der Waals surface area contributed by atoms with E-state index in [1.165, 1.54) is 6.20 Å². The molecule has 0 saturated heterocycles. The van der Waals surface area contributed by atoms with Crippen LogP contribution in [0.4, 0.5) is 0 Å². The zero-order chi connectivity index (χ0) is 6.57. The Labute approximate surface area is 57.6 Å². The third-order valence-corrected chi connectivity index (χ3v) is 1.75. The first-order chi connectivity index (χ1) is 3.72. The van der Waals surface area contributed by atoms with E-state index in [1.54, 1.807) is 7.05 Å². The second-order valence-corrected chi connectivity index (χ2v) is 2.12. The molecule has 0 aromatic rings. The first-order valence-electron chi connectivity index (χ1n) is 2.23. The van der Waals surface area contributed by atoms with Gasteiger partial charge in [0.1, 0.15) is 4.62 Å². The van der Waals surface area contributed by atoms with E-state index in [9.17, 15) is 0 Å². The molecule has 3 heteroatoms. The summed E-state index contributed by atoms with van der Waals surface area (Å²) in [5, 5.41) is 0. The lowest BCUT2D eigenvalue weighted by molar-refractivity contribution is 1.42. The van der Waals surface area contributed by atoms with Crippen LogP contribution >= 0.6 is 15.9 Å². The van der Waals surface area contributed by atoms with Crippen LogP contribution in [0.15, 0.2) is 16.8 Å². The van der Waals surface area contributed by atoms with Crippen molar-refractivity contribution >= 4 is 20.6 Å². The van der Waals surface area contributed by atoms with E-state index in [-0.39, 0.29) is 0 Å². The van der Waals surface area contributed by atoms with Crippen LogP contribution < -0.4 is 5.73 Å². The maximum atomic E-state index is 5.18. The van der Waals surface area contributed by atoms with Gasteiger partial charge in [0, 0.05) is 7.05 Å². The standard InChI is InChI=1S/C5H9BrN2/c1-4(3-7)5(6)8-2/h3H,7H2,1-2H3. The smallest absolute Gasteiger partial charge is 0.104 e. The van der Waals surface area contributed by atoms with Crippen LogP contribution in [0.25, 0.3) is 0 Å². The van der Waals surface area contributed by atoms with Gasteiger partial charge in [-0.3, -0.25) is 4.99 Å². The minimum atomic E-state index is 0.806. The molecular formula is C5H9BrN2. The van der Waals surface area contributed by atoms with Crippen LogP contribution in [0.2, 0.25) is 0 Å². The maximum Gasteiger partial charge on any atom is 0.104 e. The van der Waals surface area contributed by atoms with Crippen molar-refractivity contribution in [3.05, 3.63) is 11.8 Å². The highest BCUT2D eigenvalue weighted by molar-refractivity contribution is 9.18. The van der Waals surface area contributed by atoms with Gasteiger partial charge in [0.2, 0.25) is 0 Å². The molecule has 0 amide bonds. The predicted octanol–water partition coefficient (Wildman–Crippen LogP) is 1.27. The number of hydrogen-bond donors (Lipinski definition) is 1. The predicted molar refractivity (Wildman–Crippen MR) is 40.2 cm³/mol. The minimum Gasteiger partial charge on any atom is -0.404 e.